The zero-order chi connectivity index (χ0) is 12.7. The SMILES string of the molecule is C=C(CNC(=C)C(=C)C)NCc1ccccc1. The van der Waals surface area contributed by atoms with Crippen molar-refractivity contribution < 1.29 is 0 Å². The molecule has 17 heavy (non-hydrogen) atoms. The van der Waals surface area contributed by atoms with Crippen molar-refractivity contribution in [2.24, 2.45) is 0 Å². The molecule has 0 aromatic heterocycles. The van der Waals surface area contributed by atoms with E-state index in [0.717, 1.165) is 23.5 Å². The van der Waals surface area contributed by atoms with Gasteiger partial charge in [-0.25, -0.2) is 0 Å². The second-order valence-corrected chi connectivity index (χ2v) is 4.06. The molecule has 0 aliphatic heterocycles. The van der Waals surface area contributed by atoms with Gasteiger partial charge in [-0.3, -0.25) is 0 Å². The van der Waals surface area contributed by atoms with Crippen molar-refractivity contribution in [1.82, 2.24) is 10.6 Å². The molecule has 0 spiro atoms. The lowest BCUT2D eigenvalue weighted by Gasteiger charge is -2.13. The molecule has 0 heterocycles. The monoisotopic (exact) mass is 228 g/mol. The second kappa shape index (κ2) is 6.59. The van der Waals surface area contributed by atoms with Crippen molar-refractivity contribution in [1.29, 1.82) is 0 Å². The van der Waals surface area contributed by atoms with Crippen LogP contribution < -0.4 is 10.6 Å². The van der Waals surface area contributed by atoms with Gasteiger partial charge in [0.1, 0.15) is 0 Å². The summed E-state index contributed by atoms with van der Waals surface area (Å²) in [6, 6.07) is 10.2. The molecule has 0 radical (unpaired) electrons. The van der Waals surface area contributed by atoms with Gasteiger partial charge in [0.25, 0.3) is 0 Å². The van der Waals surface area contributed by atoms with Crippen LogP contribution in [0.5, 0.6) is 0 Å². The van der Waals surface area contributed by atoms with Crippen LogP contribution in [0.4, 0.5) is 0 Å². The van der Waals surface area contributed by atoms with Gasteiger partial charge < -0.3 is 10.6 Å². The maximum atomic E-state index is 3.96. The first-order valence-corrected chi connectivity index (χ1v) is 5.64. The summed E-state index contributed by atoms with van der Waals surface area (Å²) in [4.78, 5) is 0. The fourth-order valence-electron chi connectivity index (χ4n) is 1.25. The Bertz CT molecular complexity index is 404. The Labute approximate surface area is 104 Å². The maximum absolute atomic E-state index is 3.96. The average Bonchev–Trinajstić information content (AvgIpc) is 2.34. The molecule has 0 fully saturated rings. The summed E-state index contributed by atoms with van der Waals surface area (Å²) < 4.78 is 0. The molecule has 2 heteroatoms. The highest BCUT2D eigenvalue weighted by atomic mass is 15.0. The minimum atomic E-state index is 0.665. The van der Waals surface area contributed by atoms with Gasteiger partial charge >= 0.3 is 0 Å². The van der Waals surface area contributed by atoms with Gasteiger partial charge in [0.05, 0.1) is 6.54 Å². The summed E-state index contributed by atoms with van der Waals surface area (Å²) in [5.74, 6) is 0. The molecule has 0 saturated carbocycles. The Morgan fingerprint density at radius 2 is 1.71 bits per heavy atom. The molecule has 1 aromatic rings. The molecule has 2 nitrogen and oxygen atoms in total. The summed E-state index contributed by atoms with van der Waals surface area (Å²) in [6.45, 7) is 15.0. The molecule has 0 aliphatic rings. The predicted octanol–water partition coefficient (Wildman–Crippen LogP) is 2.97. The number of benzene rings is 1. The highest BCUT2D eigenvalue weighted by molar-refractivity contribution is 5.22. The van der Waals surface area contributed by atoms with Crippen LogP contribution in [0.2, 0.25) is 0 Å². The van der Waals surface area contributed by atoms with E-state index in [4.69, 9.17) is 0 Å². The van der Waals surface area contributed by atoms with E-state index in [1.807, 2.05) is 25.1 Å². The molecule has 0 atom stereocenters. The topological polar surface area (TPSA) is 24.1 Å². The van der Waals surface area contributed by atoms with Gasteiger partial charge in [0.2, 0.25) is 0 Å². The molecule has 0 amide bonds. The Morgan fingerprint density at radius 1 is 1.06 bits per heavy atom. The minimum Gasteiger partial charge on any atom is -0.383 e. The summed E-state index contributed by atoms with van der Waals surface area (Å²) in [6.07, 6.45) is 0. The van der Waals surface area contributed by atoms with Gasteiger partial charge in [-0.1, -0.05) is 50.1 Å². The van der Waals surface area contributed by atoms with E-state index in [-0.39, 0.29) is 0 Å². The van der Waals surface area contributed by atoms with Crippen molar-refractivity contribution in [3.8, 4) is 0 Å². The zero-order valence-electron chi connectivity index (χ0n) is 10.4. The number of allylic oxidation sites excluding steroid dienone is 1. The smallest absolute Gasteiger partial charge is 0.0541 e. The number of nitrogens with one attached hydrogen (secondary N) is 2. The predicted molar refractivity (Wildman–Crippen MR) is 74.4 cm³/mol. The first kappa shape index (κ1) is 13.1. The van der Waals surface area contributed by atoms with Crippen molar-refractivity contribution >= 4 is 0 Å². The largest absolute Gasteiger partial charge is 0.383 e. The third-order valence-corrected chi connectivity index (χ3v) is 2.42. The van der Waals surface area contributed by atoms with Crippen molar-refractivity contribution in [3.63, 3.8) is 0 Å². The third kappa shape index (κ3) is 5.07. The van der Waals surface area contributed by atoms with Crippen LogP contribution in [0, 0.1) is 0 Å². The quantitative estimate of drug-likeness (QED) is 0.701. The molecule has 0 saturated heterocycles. The van der Waals surface area contributed by atoms with Crippen LogP contribution in [0.1, 0.15) is 12.5 Å². The normalized spacial score (nSPS) is 9.47. The zero-order valence-corrected chi connectivity index (χ0v) is 10.4. The molecular formula is C15H20N2. The molecule has 1 aromatic carbocycles. The Morgan fingerprint density at radius 3 is 2.29 bits per heavy atom. The van der Waals surface area contributed by atoms with Crippen LogP contribution in [0.25, 0.3) is 0 Å². The Balaban J connectivity index is 2.27. The molecule has 0 aliphatic carbocycles. The van der Waals surface area contributed by atoms with Gasteiger partial charge in [0, 0.05) is 17.9 Å². The standard InChI is InChI=1S/C15H20N2/c1-12(2)14(4)17-10-13(3)16-11-15-8-6-5-7-9-15/h5-9,16-17H,1,3-4,10-11H2,2H3. The number of hydrogen-bond donors (Lipinski definition) is 2. The van der Waals surface area contributed by atoms with Crippen molar-refractivity contribution in [2.75, 3.05) is 6.54 Å². The van der Waals surface area contributed by atoms with Gasteiger partial charge in [-0.15, -0.1) is 0 Å². The number of hydrogen-bond acceptors (Lipinski definition) is 2. The van der Waals surface area contributed by atoms with E-state index in [9.17, 15) is 0 Å². The molecular weight excluding hydrogens is 208 g/mol. The highest BCUT2D eigenvalue weighted by Crippen LogP contribution is 2.00. The molecule has 90 valence electrons. The van der Waals surface area contributed by atoms with E-state index in [1.165, 1.54) is 5.56 Å². The fourth-order valence-corrected chi connectivity index (χ4v) is 1.25. The van der Waals surface area contributed by atoms with E-state index in [1.54, 1.807) is 0 Å². The lowest BCUT2D eigenvalue weighted by atomic mass is 10.2. The van der Waals surface area contributed by atoms with Crippen LogP contribution in [-0.2, 0) is 6.54 Å². The molecule has 1 rings (SSSR count). The minimum absolute atomic E-state index is 0.665. The average molecular weight is 228 g/mol. The summed E-state index contributed by atoms with van der Waals surface area (Å²) in [7, 11) is 0. The van der Waals surface area contributed by atoms with Crippen LogP contribution in [-0.4, -0.2) is 6.54 Å². The van der Waals surface area contributed by atoms with Crippen LogP contribution >= 0.6 is 0 Å². The lowest BCUT2D eigenvalue weighted by molar-refractivity contribution is 0.746. The maximum Gasteiger partial charge on any atom is 0.0541 e. The first-order valence-electron chi connectivity index (χ1n) is 5.64. The van der Waals surface area contributed by atoms with Gasteiger partial charge in [-0.05, 0) is 18.1 Å². The highest BCUT2D eigenvalue weighted by Gasteiger charge is 1.96. The summed E-state index contributed by atoms with van der Waals surface area (Å²) in [5.41, 5.74) is 3.98. The summed E-state index contributed by atoms with van der Waals surface area (Å²) >= 11 is 0. The summed E-state index contributed by atoms with van der Waals surface area (Å²) in [5, 5.41) is 6.43. The van der Waals surface area contributed by atoms with E-state index >= 15 is 0 Å². The van der Waals surface area contributed by atoms with Crippen molar-refractivity contribution in [2.45, 2.75) is 13.5 Å². The molecule has 0 unspecified atom stereocenters. The van der Waals surface area contributed by atoms with Crippen molar-refractivity contribution in [3.05, 3.63) is 72.6 Å². The van der Waals surface area contributed by atoms with Gasteiger partial charge in [0.15, 0.2) is 0 Å². The van der Waals surface area contributed by atoms with Crippen LogP contribution in [0.3, 0.4) is 0 Å². The lowest BCUT2D eigenvalue weighted by Crippen LogP contribution is -2.24. The van der Waals surface area contributed by atoms with E-state index in [0.29, 0.717) is 6.54 Å². The first-order chi connectivity index (χ1) is 8.09. The van der Waals surface area contributed by atoms with E-state index in [2.05, 4.69) is 42.5 Å². The van der Waals surface area contributed by atoms with Crippen LogP contribution in [0.15, 0.2) is 67.0 Å². The molecule has 2 N–H and O–H groups in total. The van der Waals surface area contributed by atoms with E-state index < -0.39 is 0 Å². The Hall–Kier alpha value is -1.96. The Kier molecular flexibility index (Phi) is 5.08. The number of rotatable bonds is 7. The fraction of sp³-hybridized carbons (Fsp3) is 0.200. The second-order valence-electron chi connectivity index (χ2n) is 4.06. The third-order valence-electron chi connectivity index (χ3n) is 2.42. The van der Waals surface area contributed by atoms with Gasteiger partial charge in [-0.2, -0.15) is 0 Å². The molecule has 0 bridgehead atoms.